The average Bonchev–Trinajstić information content (AvgIpc) is 3.32. The number of benzene rings is 1. The molecule has 1 fully saturated rings. The molecule has 1 aromatic rings. The summed E-state index contributed by atoms with van der Waals surface area (Å²) < 4.78 is 5.23. The minimum absolute atomic E-state index is 0.399. The summed E-state index contributed by atoms with van der Waals surface area (Å²) in [5, 5.41) is 4.39. The summed E-state index contributed by atoms with van der Waals surface area (Å²) in [5.41, 5.74) is 1.32. The van der Waals surface area contributed by atoms with Gasteiger partial charge in [-0.05, 0) is 43.5 Å². The van der Waals surface area contributed by atoms with Gasteiger partial charge in [0.1, 0.15) is 0 Å². The molecule has 1 atom stereocenters. The van der Waals surface area contributed by atoms with E-state index in [2.05, 4.69) is 29.3 Å². The molecule has 0 heterocycles. The van der Waals surface area contributed by atoms with E-state index >= 15 is 0 Å². The Hall–Kier alpha value is -0.610. The van der Waals surface area contributed by atoms with Crippen LogP contribution in [0.4, 0.5) is 0 Å². The largest absolute Gasteiger partial charge is 0.383 e. The topological polar surface area (TPSA) is 24.5 Å². The molecule has 1 aliphatic carbocycles. The molecule has 0 bridgehead atoms. The zero-order chi connectivity index (χ0) is 15.1. The summed E-state index contributed by atoms with van der Waals surface area (Å²) in [4.78, 5) is 2.57. The minimum Gasteiger partial charge on any atom is -0.383 e. The highest BCUT2D eigenvalue weighted by atomic mass is 35.5. The molecule has 0 aliphatic heterocycles. The molecule has 1 N–H and O–H groups in total. The molecule has 3 nitrogen and oxygen atoms in total. The van der Waals surface area contributed by atoms with Gasteiger partial charge in [0.15, 0.2) is 0 Å². The van der Waals surface area contributed by atoms with E-state index in [9.17, 15) is 0 Å². The van der Waals surface area contributed by atoms with Crippen molar-refractivity contribution in [2.75, 3.05) is 33.4 Å². The van der Waals surface area contributed by atoms with Crippen LogP contribution in [0, 0.1) is 0 Å². The molecule has 1 aliphatic rings. The maximum Gasteiger partial charge on any atom is 0.0589 e. The monoisotopic (exact) mass is 310 g/mol. The second-order valence-corrected chi connectivity index (χ2v) is 6.15. The van der Waals surface area contributed by atoms with Crippen molar-refractivity contribution in [1.29, 1.82) is 0 Å². The molecule has 1 unspecified atom stereocenters. The Morgan fingerprint density at radius 1 is 1.29 bits per heavy atom. The third-order valence-corrected chi connectivity index (χ3v) is 4.33. The van der Waals surface area contributed by atoms with E-state index in [0.717, 1.165) is 43.7 Å². The van der Waals surface area contributed by atoms with Crippen molar-refractivity contribution in [3.05, 3.63) is 34.9 Å². The highest BCUT2D eigenvalue weighted by molar-refractivity contribution is 6.30. The van der Waals surface area contributed by atoms with Gasteiger partial charge in [-0.15, -0.1) is 0 Å². The standard InChI is InChI=1S/C17H27ClN2O/c1-3-19-17(14-4-6-15(18)7-5-14)10-11-20(12-13-21-2)16-8-9-16/h4-7,16-17,19H,3,8-13H2,1-2H3. The molecule has 0 amide bonds. The summed E-state index contributed by atoms with van der Waals surface area (Å²) in [7, 11) is 1.78. The van der Waals surface area contributed by atoms with Crippen molar-refractivity contribution in [1.82, 2.24) is 10.2 Å². The molecule has 0 spiro atoms. The van der Waals surface area contributed by atoms with Crippen molar-refractivity contribution >= 4 is 11.6 Å². The van der Waals surface area contributed by atoms with Crippen molar-refractivity contribution < 1.29 is 4.74 Å². The maximum absolute atomic E-state index is 5.99. The highest BCUT2D eigenvalue weighted by Gasteiger charge is 2.28. The van der Waals surface area contributed by atoms with Crippen molar-refractivity contribution in [3.63, 3.8) is 0 Å². The fourth-order valence-electron chi connectivity index (χ4n) is 2.75. The average molecular weight is 311 g/mol. The Kier molecular flexibility index (Phi) is 6.97. The summed E-state index contributed by atoms with van der Waals surface area (Å²) in [6.07, 6.45) is 3.81. The zero-order valence-electron chi connectivity index (χ0n) is 13.1. The Labute approximate surface area is 133 Å². The molecule has 2 rings (SSSR count). The van der Waals surface area contributed by atoms with Gasteiger partial charge in [-0.3, -0.25) is 4.90 Å². The number of methoxy groups -OCH3 is 1. The van der Waals surface area contributed by atoms with Gasteiger partial charge < -0.3 is 10.1 Å². The van der Waals surface area contributed by atoms with Crippen LogP contribution in [0.1, 0.15) is 37.8 Å². The fourth-order valence-corrected chi connectivity index (χ4v) is 2.87. The van der Waals surface area contributed by atoms with Gasteiger partial charge in [-0.1, -0.05) is 30.7 Å². The van der Waals surface area contributed by atoms with E-state index in [1.54, 1.807) is 7.11 Å². The zero-order valence-corrected chi connectivity index (χ0v) is 13.9. The normalized spacial score (nSPS) is 16.4. The second kappa shape index (κ2) is 8.74. The smallest absolute Gasteiger partial charge is 0.0589 e. The van der Waals surface area contributed by atoms with Crippen LogP contribution < -0.4 is 5.32 Å². The van der Waals surface area contributed by atoms with Gasteiger partial charge in [-0.25, -0.2) is 0 Å². The summed E-state index contributed by atoms with van der Waals surface area (Å²) >= 11 is 5.99. The number of hydrogen-bond acceptors (Lipinski definition) is 3. The van der Waals surface area contributed by atoms with Crippen LogP contribution in [-0.4, -0.2) is 44.3 Å². The van der Waals surface area contributed by atoms with E-state index in [0.29, 0.717) is 6.04 Å². The van der Waals surface area contributed by atoms with Crippen LogP contribution in [0.5, 0.6) is 0 Å². The first kappa shape index (κ1) is 16.8. The van der Waals surface area contributed by atoms with Crippen molar-refractivity contribution in [2.24, 2.45) is 0 Å². The van der Waals surface area contributed by atoms with E-state index in [1.807, 2.05) is 12.1 Å². The number of nitrogens with zero attached hydrogens (tertiary/aromatic N) is 1. The minimum atomic E-state index is 0.399. The lowest BCUT2D eigenvalue weighted by Gasteiger charge is -2.25. The molecule has 0 radical (unpaired) electrons. The molecule has 0 aromatic heterocycles. The number of nitrogens with one attached hydrogen (secondary N) is 1. The first-order chi connectivity index (χ1) is 10.2. The highest BCUT2D eigenvalue weighted by Crippen LogP contribution is 2.28. The predicted molar refractivity (Wildman–Crippen MR) is 89.0 cm³/mol. The molecule has 1 aromatic carbocycles. The number of ether oxygens (including phenoxy) is 1. The van der Waals surface area contributed by atoms with Crippen LogP contribution in [0.2, 0.25) is 5.02 Å². The lowest BCUT2D eigenvalue weighted by Crippen LogP contribution is -2.33. The van der Waals surface area contributed by atoms with Crippen LogP contribution >= 0.6 is 11.6 Å². The van der Waals surface area contributed by atoms with Gasteiger partial charge in [0.2, 0.25) is 0 Å². The van der Waals surface area contributed by atoms with Crippen LogP contribution in [-0.2, 0) is 4.74 Å². The van der Waals surface area contributed by atoms with Crippen LogP contribution in [0.25, 0.3) is 0 Å². The van der Waals surface area contributed by atoms with Crippen molar-refractivity contribution in [3.8, 4) is 0 Å². The fraction of sp³-hybridized carbons (Fsp3) is 0.647. The Bertz CT molecular complexity index is 406. The van der Waals surface area contributed by atoms with E-state index in [-0.39, 0.29) is 0 Å². The van der Waals surface area contributed by atoms with Gasteiger partial charge in [-0.2, -0.15) is 0 Å². The second-order valence-electron chi connectivity index (χ2n) is 5.71. The molecule has 4 heteroatoms. The third-order valence-electron chi connectivity index (χ3n) is 4.07. The Morgan fingerprint density at radius 3 is 2.57 bits per heavy atom. The molecular formula is C17H27ClN2O. The van der Waals surface area contributed by atoms with Gasteiger partial charge in [0, 0.05) is 37.3 Å². The molecule has 118 valence electrons. The third kappa shape index (κ3) is 5.59. The van der Waals surface area contributed by atoms with Gasteiger partial charge in [0.05, 0.1) is 6.61 Å². The molecule has 1 saturated carbocycles. The lowest BCUT2D eigenvalue weighted by molar-refractivity contribution is 0.140. The first-order valence-electron chi connectivity index (χ1n) is 7.96. The summed E-state index contributed by atoms with van der Waals surface area (Å²) in [6.45, 7) is 6.12. The number of hydrogen-bond donors (Lipinski definition) is 1. The SMILES string of the molecule is CCNC(CCN(CCOC)C1CC1)c1ccc(Cl)cc1. The van der Waals surface area contributed by atoms with E-state index < -0.39 is 0 Å². The number of halogens is 1. The van der Waals surface area contributed by atoms with E-state index in [1.165, 1.54) is 18.4 Å². The van der Waals surface area contributed by atoms with Crippen LogP contribution in [0.15, 0.2) is 24.3 Å². The van der Waals surface area contributed by atoms with Gasteiger partial charge in [0.25, 0.3) is 0 Å². The van der Waals surface area contributed by atoms with Crippen molar-refractivity contribution in [2.45, 2.75) is 38.3 Å². The summed E-state index contributed by atoms with van der Waals surface area (Å²) in [5.74, 6) is 0. The molecule has 0 saturated heterocycles. The summed E-state index contributed by atoms with van der Waals surface area (Å²) in [6, 6.07) is 9.40. The Morgan fingerprint density at radius 2 is 2.00 bits per heavy atom. The van der Waals surface area contributed by atoms with E-state index in [4.69, 9.17) is 16.3 Å². The predicted octanol–water partition coefficient (Wildman–Crippen LogP) is 3.49. The van der Waals surface area contributed by atoms with Crippen LogP contribution in [0.3, 0.4) is 0 Å². The maximum atomic E-state index is 5.99. The number of rotatable bonds is 10. The van der Waals surface area contributed by atoms with Gasteiger partial charge >= 0.3 is 0 Å². The molecule has 21 heavy (non-hydrogen) atoms. The Balaban J connectivity index is 1.90. The lowest BCUT2D eigenvalue weighted by atomic mass is 10.0. The quantitative estimate of drug-likeness (QED) is 0.716. The molecular weight excluding hydrogens is 284 g/mol. The first-order valence-corrected chi connectivity index (χ1v) is 8.34.